The van der Waals surface area contributed by atoms with E-state index in [1.165, 1.54) is 0 Å². The molecule has 76 valence electrons. The standard InChI is InChI=1S/C10H12ClNO2/c1-14-9-4-7(2-3-8(9)11)10(13)5-12-6-10/h2-4,12-13H,5-6H2,1H3. The summed E-state index contributed by atoms with van der Waals surface area (Å²) in [6, 6.07) is 5.35. The minimum atomic E-state index is -0.752. The van der Waals surface area contributed by atoms with Crippen LogP contribution in [0.3, 0.4) is 0 Å². The molecule has 3 nitrogen and oxygen atoms in total. The third-order valence-corrected chi connectivity index (χ3v) is 2.84. The molecule has 1 fully saturated rings. The van der Waals surface area contributed by atoms with Gasteiger partial charge >= 0.3 is 0 Å². The lowest BCUT2D eigenvalue weighted by molar-refractivity contribution is -0.0148. The highest BCUT2D eigenvalue weighted by Gasteiger charge is 2.36. The summed E-state index contributed by atoms with van der Waals surface area (Å²) in [6.07, 6.45) is 0. The number of nitrogens with one attached hydrogen (secondary N) is 1. The van der Waals surface area contributed by atoms with Crippen molar-refractivity contribution in [1.82, 2.24) is 5.32 Å². The average molecular weight is 214 g/mol. The molecule has 1 aromatic rings. The quantitative estimate of drug-likeness (QED) is 0.774. The maximum Gasteiger partial charge on any atom is 0.137 e. The Morgan fingerprint density at radius 1 is 1.50 bits per heavy atom. The fourth-order valence-electron chi connectivity index (χ4n) is 1.52. The van der Waals surface area contributed by atoms with Crippen LogP contribution in [-0.2, 0) is 5.60 Å². The van der Waals surface area contributed by atoms with E-state index in [1.807, 2.05) is 6.07 Å². The first-order chi connectivity index (χ1) is 6.65. The molecule has 14 heavy (non-hydrogen) atoms. The van der Waals surface area contributed by atoms with E-state index in [2.05, 4.69) is 5.32 Å². The molecule has 0 radical (unpaired) electrons. The zero-order valence-corrected chi connectivity index (χ0v) is 8.64. The maximum absolute atomic E-state index is 10.0. The highest BCUT2D eigenvalue weighted by Crippen LogP contribution is 2.32. The Kier molecular flexibility index (Phi) is 2.39. The third-order valence-electron chi connectivity index (χ3n) is 2.52. The Morgan fingerprint density at radius 2 is 2.21 bits per heavy atom. The average Bonchev–Trinajstić information content (AvgIpc) is 2.15. The molecule has 0 spiro atoms. The van der Waals surface area contributed by atoms with Gasteiger partial charge in [0.25, 0.3) is 0 Å². The molecule has 1 aliphatic heterocycles. The van der Waals surface area contributed by atoms with Crippen LogP contribution in [0.5, 0.6) is 5.75 Å². The van der Waals surface area contributed by atoms with Crippen LogP contribution in [0.15, 0.2) is 18.2 Å². The fraction of sp³-hybridized carbons (Fsp3) is 0.400. The minimum Gasteiger partial charge on any atom is -0.495 e. The van der Waals surface area contributed by atoms with E-state index in [-0.39, 0.29) is 0 Å². The number of hydrogen-bond acceptors (Lipinski definition) is 3. The van der Waals surface area contributed by atoms with E-state index >= 15 is 0 Å². The molecular weight excluding hydrogens is 202 g/mol. The van der Waals surface area contributed by atoms with E-state index in [1.54, 1.807) is 19.2 Å². The van der Waals surface area contributed by atoms with Crippen molar-refractivity contribution in [1.29, 1.82) is 0 Å². The number of rotatable bonds is 2. The van der Waals surface area contributed by atoms with Crippen molar-refractivity contribution in [3.63, 3.8) is 0 Å². The topological polar surface area (TPSA) is 41.5 Å². The molecule has 1 aromatic carbocycles. The number of halogens is 1. The third kappa shape index (κ3) is 1.47. The van der Waals surface area contributed by atoms with Crippen molar-refractivity contribution >= 4 is 11.6 Å². The van der Waals surface area contributed by atoms with Crippen LogP contribution in [0.2, 0.25) is 5.02 Å². The Hall–Kier alpha value is -0.770. The molecule has 0 unspecified atom stereocenters. The second-order valence-electron chi connectivity index (χ2n) is 3.48. The summed E-state index contributed by atoms with van der Waals surface area (Å²) in [4.78, 5) is 0. The summed E-state index contributed by atoms with van der Waals surface area (Å²) < 4.78 is 5.09. The van der Waals surface area contributed by atoms with Gasteiger partial charge in [0.1, 0.15) is 11.4 Å². The molecule has 1 saturated heterocycles. The first-order valence-corrected chi connectivity index (χ1v) is 4.81. The lowest BCUT2D eigenvalue weighted by Crippen LogP contribution is -2.56. The fourth-order valence-corrected chi connectivity index (χ4v) is 1.71. The Balaban J connectivity index is 2.35. The van der Waals surface area contributed by atoms with Crippen molar-refractivity contribution in [2.24, 2.45) is 0 Å². The summed E-state index contributed by atoms with van der Waals surface area (Å²) in [5.74, 6) is 0.601. The largest absolute Gasteiger partial charge is 0.495 e. The van der Waals surface area contributed by atoms with Gasteiger partial charge < -0.3 is 15.2 Å². The van der Waals surface area contributed by atoms with Crippen LogP contribution in [-0.4, -0.2) is 25.3 Å². The number of hydrogen-bond donors (Lipinski definition) is 2. The molecule has 0 saturated carbocycles. The number of methoxy groups -OCH3 is 1. The van der Waals surface area contributed by atoms with Crippen molar-refractivity contribution in [2.75, 3.05) is 20.2 Å². The lowest BCUT2D eigenvalue weighted by atomic mass is 9.88. The smallest absolute Gasteiger partial charge is 0.137 e. The summed E-state index contributed by atoms with van der Waals surface area (Å²) in [5.41, 5.74) is 0.0928. The van der Waals surface area contributed by atoms with Crippen molar-refractivity contribution in [3.05, 3.63) is 28.8 Å². The van der Waals surface area contributed by atoms with Gasteiger partial charge in [-0.15, -0.1) is 0 Å². The predicted molar refractivity (Wildman–Crippen MR) is 54.8 cm³/mol. The predicted octanol–water partition coefficient (Wildman–Crippen LogP) is 1.14. The van der Waals surface area contributed by atoms with Gasteiger partial charge in [-0.2, -0.15) is 0 Å². The highest BCUT2D eigenvalue weighted by atomic mass is 35.5. The monoisotopic (exact) mass is 213 g/mol. The summed E-state index contributed by atoms with van der Waals surface area (Å²) in [6.45, 7) is 1.16. The summed E-state index contributed by atoms with van der Waals surface area (Å²) in [7, 11) is 1.56. The van der Waals surface area contributed by atoms with Gasteiger partial charge in [-0.3, -0.25) is 0 Å². The van der Waals surface area contributed by atoms with Crippen LogP contribution >= 0.6 is 11.6 Å². The summed E-state index contributed by atoms with van der Waals surface area (Å²) in [5, 5.41) is 13.6. The van der Waals surface area contributed by atoms with E-state index in [9.17, 15) is 5.11 Å². The second-order valence-corrected chi connectivity index (χ2v) is 3.89. The minimum absolute atomic E-state index is 0.562. The van der Waals surface area contributed by atoms with Crippen LogP contribution < -0.4 is 10.1 Å². The normalized spacial score (nSPS) is 18.8. The molecule has 4 heteroatoms. The number of aliphatic hydroxyl groups is 1. The van der Waals surface area contributed by atoms with E-state index in [4.69, 9.17) is 16.3 Å². The van der Waals surface area contributed by atoms with Crippen LogP contribution in [0, 0.1) is 0 Å². The molecule has 0 aliphatic carbocycles. The molecule has 0 atom stereocenters. The van der Waals surface area contributed by atoms with Crippen molar-refractivity contribution in [3.8, 4) is 5.75 Å². The van der Waals surface area contributed by atoms with Crippen LogP contribution in [0.25, 0.3) is 0 Å². The number of ether oxygens (including phenoxy) is 1. The Morgan fingerprint density at radius 3 is 2.71 bits per heavy atom. The molecule has 0 amide bonds. The first kappa shape index (κ1) is 9.77. The first-order valence-electron chi connectivity index (χ1n) is 4.43. The summed E-state index contributed by atoms with van der Waals surface area (Å²) >= 11 is 5.89. The number of β-amino-alcohol motifs (C(OH)–C–C–N with tert-alkyl or cyclic N) is 1. The van der Waals surface area contributed by atoms with Gasteiger partial charge in [0.2, 0.25) is 0 Å². The van der Waals surface area contributed by atoms with Gasteiger partial charge in [-0.1, -0.05) is 17.7 Å². The van der Waals surface area contributed by atoms with E-state index < -0.39 is 5.60 Å². The molecule has 2 N–H and O–H groups in total. The second kappa shape index (κ2) is 3.42. The lowest BCUT2D eigenvalue weighted by Gasteiger charge is -2.38. The maximum atomic E-state index is 10.0. The van der Waals surface area contributed by atoms with Crippen LogP contribution in [0.1, 0.15) is 5.56 Å². The Labute approximate surface area is 87.6 Å². The van der Waals surface area contributed by atoms with Crippen molar-refractivity contribution < 1.29 is 9.84 Å². The van der Waals surface area contributed by atoms with Crippen molar-refractivity contribution in [2.45, 2.75) is 5.60 Å². The van der Waals surface area contributed by atoms with Gasteiger partial charge in [0.15, 0.2) is 0 Å². The van der Waals surface area contributed by atoms with E-state index in [0.717, 1.165) is 5.56 Å². The zero-order valence-electron chi connectivity index (χ0n) is 7.88. The number of benzene rings is 1. The van der Waals surface area contributed by atoms with Gasteiger partial charge in [-0.25, -0.2) is 0 Å². The highest BCUT2D eigenvalue weighted by molar-refractivity contribution is 6.32. The van der Waals surface area contributed by atoms with Crippen LogP contribution in [0.4, 0.5) is 0 Å². The SMILES string of the molecule is COc1cc(C2(O)CNC2)ccc1Cl. The van der Waals surface area contributed by atoms with E-state index in [0.29, 0.717) is 23.9 Å². The van der Waals surface area contributed by atoms with Gasteiger partial charge in [-0.05, 0) is 17.7 Å². The molecular formula is C10H12ClNO2. The van der Waals surface area contributed by atoms with Gasteiger partial charge in [0.05, 0.1) is 12.1 Å². The molecule has 0 aromatic heterocycles. The zero-order chi connectivity index (χ0) is 10.2. The Bertz CT molecular complexity index is 350. The van der Waals surface area contributed by atoms with Gasteiger partial charge in [0, 0.05) is 13.1 Å². The molecule has 1 aliphatic rings. The molecule has 0 bridgehead atoms. The molecule has 2 rings (SSSR count). The molecule has 1 heterocycles.